The van der Waals surface area contributed by atoms with Crippen LogP contribution < -0.4 is 0 Å². The molecule has 1 aliphatic heterocycles. The van der Waals surface area contributed by atoms with Gasteiger partial charge in [-0.2, -0.15) is 0 Å². The van der Waals surface area contributed by atoms with Crippen LogP contribution in [0.3, 0.4) is 0 Å². The summed E-state index contributed by atoms with van der Waals surface area (Å²) in [5.74, 6) is 1.28. The maximum Gasteiger partial charge on any atom is 0.168 e. The number of methoxy groups -OCH3 is 1. The van der Waals surface area contributed by atoms with Crippen molar-refractivity contribution in [3.8, 4) is 0 Å². The summed E-state index contributed by atoms with van der Waals surface area (Å²) in [6.07, 6.45) is 1.31. The van der Waals surface area contributed by atoms with Gasteiger partial charge < -0.3 is 9.47 Å². The van der Waals surface area contributed by atoms with Gasteiger partial charge >= 0.3 is 0 Å². The summed E-state index contributed by atoms with van der Waals surface area (Å²) in [5.41, 5.74) is 0. The zero-order valence-electron chi connectivity index (χ0n) is 5.89. The quantitative estimate of drug-likeness (QED) is 0.524. The summed E-state index contributed by atoms with van der Waals surface area (Å²) < 4.78 is 10.7. The fourth-order valence-corrected chi connectivity index (χ4v) is 1.66. The Kier molecular flexibility index (Phi) is 0.945. The Hall–Kier alpha value is -0.0800. The largest absolute Gasteiger partial charge is 0.353 e. The zero-order chi connectivity index (χ0) is 6.48. The molecule has 2 rings (SSSR count). The molecule has 2 aliphatic rings. The van der Waals surface area contributed by atoms with Crippen LogP contribution in [0.4, 0.5) is 0 Å². The maximum atomic E-state index is 5.43. The Bertz CT molecular complexity index is 135. The van der Waals surface area contributed by atoms with Crippen LogP contribution in [0.15, 0.2) is 0 Å². The van der Waals surface area contributed by atoms with E-state index in [9.17, 15) is 0 Å². The molecule has 3 unspecified atom stereocenters. The zero-order valence-corrected chi connectivity index (χ0v) is 5.89. The van der Waals surface area contributed by atoms with E-state index in [1.807, 2.05) is 6.92 Å². The molecule has 0 bridgehead atoms. The molecule has 0 radical (unpaired) electrons. The normalized spacial score (nSPS) is 55.3. The number of fused-ring (bicyclic) bond motifs is 1. The molecule has 3 atom stereocenters. The minimum Gasteiger partial charge on any atom is -0.353 e. The first-order valence-electron chi connectivity index (χ1n) is 3.45. The maximum absolute atomic E-state index is 5.43. The third kappa shape index (κ3) is 0.634. The predicted octanol–water partition coefficient (Wildman–Crippen LogP) is 1.02. The first kappa shape index (κ1) is 5.69. The van der Waals surface area contributed by atoms with Crippen LogP contribution in [0.2, 0.25) is 0 Å². The summed E-state index contributed by atoms with van der Waals surface area (Å²) in [4.78, 5) is 0. The van der Waals surface area contributed by atoms with Crippen LogP contribution in [-0.2, 0) is 9.47 Å². The molecule has 0 N–H and O–H groups in total. The van der Waals surface area contributed by atoms with Gasteiger partial charge in [0.05, 0.1) is 6.61 Å². The van der Waals surface area contributed by atoms with Gasteiger partial charge in [-0.25, -0.2) is 0 Å². The van der Waals surface area contributed by atoms with Gasteiger partial charge in [-0.15, -0.1) is 0 Å². The molecule has 0 amide bonds. The summed E-state index contributed by atoms with van der Waals surface area (Å²) in [5, 5.41) is 0. The molecule has 1 aliphatic carbocycles. The van der Waals surface area contributed by atoms with Crippen molar-refractivity contribution in [2.45, 2.75) is 19.1 Å². The Morgan fingerprint density at radius 1 is 1.67 bits per heavy atom. The lowest BCUT2D eigenvalue weighted by molar-refractivity contribution is -0.198. The molecule has 0 aromatic carbocycles. The minimum atomic E-state index is -0.231. The number of hydrogen-bond donors (Lipinski definition) is 0. The lowest BCUT2D eigenvalue weighted by Gasteiger charge is -2.23. The third-order valence-electron chi connectivity index (χ3n) is 2.59. The van der Waals surface area contributed by atoms with E-state index in [-0.39, 0.29) is 5.79 Å². The summed E-state index contributed by atoms with van der Waals surface area (Å²) >= 11 is 0. The molecule has 0 spiro atoms. The first-order chi connectivity index (χ1) is 4.26. The molecule has 1 heterocycles. The highest BCUT2D eigenvalue weighted by Gasteiger charge is 2.57. The van der Waals surface area contributed by atoms with E-state index in [2.05, 4.69) is 0 Å². The smallest absolute Gasteiger partial charge is 0.168 e. The fourth-order valence-electron chi connectivity index (χ4n) is 1.66. The van der Waals surface area contributed by atoms with Crippen molar-refractivity contribution in [1.29, 1.82) is 0 Å². The number of hydrogen-bond acceptors (Lipinski definition) is 2. The van der Waals surface area contributed by atoms with Crippen LogP contribution in [0.5, 0.6) is 0 Å². The van der Waals surface area contributed by atoms with Crippen LogP contribution in [0.25, 0.3) is 0 Å². The SMILES string of the molecule is COC1(C)OCC2CC21. The molecular weight excluding hydrogens is 116 g/mol. The van der Waals surface area contributed by atoms with Crippen molar-refractivity contribution in [1.82, 2.24) is 0 Å². The van der Waals surface area contributed by atoms with Gasteiger partial charge in [-0.1, -0.05) is 0 Å². The first-order valence-corrected chi connectivity index (χ1v) is 3.45. The topological polar surface area (TPSA) is 18.5 Å². The average Bonchev–Trinajstić information content (AvgIpc) is 2.58. The Balaban J connectivity index is 2.11. The van der Waals surface area contributed by atoms with Crippen LogP contribution in [0, 0.1) is 11.8 Å². The highest BCUT2D eigenvalue weighted by atomic mass is 16.7. The highest BCUT2D eigenvalue weighted by Crippen LogP contribution is 2.54. The van der Waals surface area contributed by atoms with E-state index in [0.29, 0.717) is 5.92 Å². The summed E-state index contributed by atoms with van der Waals surface area (Å²) in [6, 6.07) is 0. The lowest BCUT2D eigenvalue weighted by Crippen LogP contribution is -2.29. The van der Waals surface area contributed by atoms with E-state index in [0.717, 1.165) is 12.5 Å². The van der Waals surface area contributed by atoms with Gasteiger partial charge in [0.1, 0.15) is 0 Å². The van der Waals surface area contributed by atoms with E-state index < -0.39 is 0 Å². The molecule has 52 valence electrons. The Labute approximate surface area is 55.1 Å². The molecule has 1 saturated heterocycles. The molecule has 0 aromatic rings. The predicted molar refractivity (Wildman–Crippen MR) is 33.0 cm³/mol. The van der Waals surface area contributed by atoms with Gasteiger partial charge in [0.15, 0.2) is 5.79 Å². The molecular formula is C7H12O2. The van der Waals surface area contributed by atoms with Gasteiger partial charge in [0.2, 0.25) is 0 Å². The monoisotopic (exact) mass is 128 g/mol. The highest BCUT2D eigenvalue weighted by molar-refractivity contribution is 5.00. The van der Waals surface area contributed by atoms with E-state index >= 15 is 0 Å². The summed E-state index contributed by atoms with van der Waals surface area (Å²) in [6.45, 7) is 2.94. The van der Waals surface area contributed by atoms with Crippen molar-refractivity contribution in [2.24, 2.45) is 11.8 Å². The average molecular weight is 128 g/mol. The Morgan fingerprint density at radius 2 is 2.44 bits per heavy atom. The van der Waals surface area contributed by atoms with Crippen molar-refractivity contribution >= 4 is 0 Å². The molecule has 0 aromatic heterocycles. The van der Waals surface area contributed by atoms with Crippen molar-refractivity contribution < 1.29 is 9.47 Å². The van der Waals surface area contributed by atoms with Crippen molar-refractivity contribution in [3.05, 3.63) is 0 Å². The molecule has 2 fully saturated rings. The molecule has 2 heteroatoms. The van der Waals surface area contributed by atoms with Crippen molar-refractivity contribution in [2.75, 3.05) is 13.7 Å². The molecule has 9 heavy (non-hydrogen) atoms. The third-order valence-corrected chi connectivity index (χ3v) is 2.59. The van der Waals surface area contributed by atoms with Crippen LogP contribution >= 0.6 is 0 Å². The van der Waals surface area contributed by atoms with E-state index in [4.69, 9.17) is 9.47 Å². The Morgan fingerprint density at radius 3 is 2.67 bits per heavy atom. The fraction of sp³-hybridized carbons (Fsp3) is 1.00. The van der Waals surface area contributed by atoms with Gasteiger partial charge in [0.25, 0.3) is 0 Å². The van der Waals surface area contributed by atoms with E-state index in [1.165, 1.54) is 6.42 Å². The van der Waals surface area contributed by atoms with Crippen molar-refractivity contribution in [3.63, 3.8) is 0 Å². The number of ether oxygens (including phenoxy) is 2. The molecule has 1 saturated carbocycles. The van der Waals surface area contributed by atoms with Crippen LogP contribution in [-0.4, -0.2) is 19.5 Å². The standard InChI is InChI=1S/C7H12O2/c1-7(8-2)6-3-5(6)4-9-7/h5-6H,3-4H2,1-2H3. The molecule has 2 nitrogen and oxygen atoms in total. The van der Waals surface area contributed by atoms with E-state index in [1.54, 1.807) is 7.11 Å². The van der Waals surface area contributed by atoms with Gasteiger partial charge in [-0.3, -0.25) is 0 Å². The van der Waals surface area contributed by atoms with Crippen LogP contribution in [0.1, 0.15) is 13.3 Å². The summed E-state index contributed by atoms with van der Waals surface area (Å²) in [7, 11) is 1.72. The van der Waals surface area contributed by atoms with Gasteiger partial charge in [-0.05, 0) is 19.3 Å². The second kappa shape index (κ2) is 1.50. The number of rotatable bonds is 1. The second-order valence-corrected chi connectivity index (χ2v) is 3.13. The second-order valence-electron chi connectivity index (χ2n) is 3.13. The van der Waals surface area contributed by atoms with Gasteiger partial charge in [0, 0.05) is 13.0 Å². The lowest BCUT2D eigenvalue weighted by atomic mass is 10.2. The minimum absolute atomic E-state index is 0.231.